The molecule has 0 radical (unpaired) electrons. The number of carbonyl (C=O) groups excluding carboxylic acids is 2. The largest absolute Gasteiger partial charge is 0.493 e. The minimum atomic E-state index is -0.582. The van der Waals surface area contributed by atoms with Crippen LogP contribution >= 0.6 is 35.0 Å². The maximum Gasteiger partial charge on any atom is 0.332 e. The number of fused-ring (bicyclic) bond motifs is 1. The number of benzene rings is 3. The van der Waals surface area contributed by atoms with Crippen molar-refractivity contribution in [1.29, 1.82) is 0 Å². The molecule has 0 aliphatic carbocycles. The summed E-state index contributed by atoms with van der Waals surface area (Å²) in [5, 5.41) is 0.271. The lowest BCUT2D eigenvalue weighted by atomic mass is 10.1. The average molecular weight is 697 g/mol. The van der Waals surface area contributed by atoms with Crippen LogP contribution in [-0.2, 0) is 32.0 Å². The van der Waals surface area contributed by atoms with Gasteiger partial charge in [-0.25, -0.2) is 9.18 Å². The molecule has 6 rings (SSSR count). The Kier molecular flexibility index (Phi) is 8.70. The number of amides is 2. The first-order valence-electron chi connectivity index (χ1n) is 13.9. The molecule has 2 aromatic heterocycles. The fourth-order valence-electron chi connectivity index (χ4n) is 5.01. The van der Waals surface area contributed by atoms with Gasteiger partial charge in [0.15, 0.2) is 22.7 Å². The van der Waals surface area contributed by atoms with Crippen LogP contribution in [-0.4, -0.2) is 41.8 Å². The van der Waals surface area contributed by atoms with E-state index in [0.717, 1.165) is 21.2 Å². The molecule has 0 spiro atoms. The summed E-state index contributed by atoms with van der Waals surface area (Å²) in [6, 6.07) is 15.7. The molecule has 0 unspecified atom stereocenters. The van der Waals surface area contributed by atoms with Gasteiger partial charge in [-0.1, -0.05) is 53.5 Å². The van der Waals surface area contributed by atoms with Gasteiger partial charge in [-0.3, -0.25) is 33.0 Å². The van der Waals surface area contributed by atoms with Crippen molar-refractivity contribution in [2.75, 3.05) is 7.11 Å². The van der Waals surface area contributed by atoms with Crippen molar-refractivity contribution < 1.29 is 23.5 Å². The normalized spacial score (nSPS) is 14.1. The van der Waals surface area contributed by atoms with Gasteiger partial charge < -0.3 is 9.47 Å². The van der Waals surface area contributed by atoms with Crippen molar-refractivity contribution in [3.05, 3.63) is 119 Å². The number of aromatic nitrogens is 4. The summed E-state index contributed by atoms with van der Waals surface area (Å²) in [5.41, 5.74) is 0.412. The number of methoxy groups -OCH3 is 1. The SMILES string of the molecule is COc1cc(C=C2SC(=O)N(Cc3ccccc3F)C2=O)ccc1Oc1nc2c(c(=O)n(C)c(=O)n2C)n1Cc1ccc(Cl)cc1Cl. The zero-order chi connectivity index (χ0) is 33.6. The van der Waals surface area contributed by atoms with Gasteiger partial charge in [0.1, 0.15) is 5.82 Å². The van der Waals surface area contributed by atoms with E-state index in [1.165, 1.54) is 54.6 Å². The number of rotatable bonds is 8. The number of carbonyl (C=O) groups is 2. The Hall–Kier alpha value is -4.85. The first-order valence-corrected chi connectivity index (χ1v) is 15.5. The van der Waals surface area contributed by atoms with Crippen LogP contribution in [0.4, 0.5) is 9.18 Å². The lowest BCUT2D eigenvalue weighted by Gasteiger charge is -2.14. The Balaban J connectivity index is 1.35. The summed E-state index contributed by atoms with van der Waals surface area (Å²) in [6.07, 6.45) is 1.52. The van der Waals surface area contributed by atoms with Crippen LogP contribution in [0.2, 0.25) is 10.0 Å². The zero-order valence-corrected chi connectivity index (χ0v) is 27.3. The van der Waals surface area contributed by atoms with E-state index in [1.54, 1.807) is 42.5 Å². The Bertz CT molecular complexity index is 2260. The van der Waals surface area contributed by atoms with Gasteiger partial charge in [-0.05, 0) is 59.3 Å². The minimum absolute atomic E-state index is 0.0235. The smallest absolute Gasteiger partial charge is 0.332 e. The van der Waals surface area contributed by atoms with E-state index >= 15 is 0 Å². The first kappa shape index (κ1) is 32.1. The zero-order valence-electron chi connectivity index (χ0n) is 25.0. The van der Waals surface area contributed by atoms with Gasteiger partial charge in [-0.2, -0.15) is 4.98 Å². The third kappa shape index (κ3) is 6.04. The van der Waals surface area contributed by atoms with E-state index in [2.05, 4.69) is 4.98 Å². The fraction of sp³-hybridized carbons (Fsp3) is 0.156. The van der Waals surface area contributed by atoms with Crippen molar-refractivity contribution >= 4 is 63.4 Å². The monoisotopic (exact) mass is 695 g/mol. The highest BCUT2D eigenvalue weighted by Gasteiger charge is 2.35. The molecule has 1 aliphatic rings. The Morgan fingerprint density at radius 2 is 1.68 bits per heavy atom. The molecule has 1 saturated heterocycles. The standard InChI is InChI=1S/C32H24Cl2FN5O6S/c1-37-27-26(29(42)38(2)31(37)43)39(15-18-9-10-20(33)14-21(18)34)30(36-27)46-23-11-8-17(12-24(23)45-3)13-25-28(41)40(32(44)47-25)16-19-6-4-5-7-22(19)35/h4-14H,15-16H2,1-3H3. The molecule has 3 aromatic carbocycles. The van der Waals surface area contributed by atoms with Gasteiger partial charge in [0, 0.05) is 29.7 Å². The molecular weight excluding hydrogens is 672 g/mol. The van der Waals surface area contributed by atoms with Crippen LogP contribution in [0.1, 0.15) is 16.7 Å². The summed E-state index contributed by atoms with van der Waals surface area (Å²) >= 11 is 13.3. The van der Waals surface area contributed by atoms with E-state index in [4.69, 9.17) is 32.7 Å². The van der Waals surface area contributed by atoms with Crippen LogP contribution in [0.25, 0.3) is 17.2 Å². The highest BCUT2D eigenvalue weighted by atomic mass is 35.5. The maximum absolute atomic E-state index is 14.2. The molecule has 1 aliphatic heterocycles. The number of imide groups is 1. The van der Waals surface area contributed by atoms with Gasteiger partial charge in [0.2, 0.25) is 0 Å². The lowest BCUT2D eigenvalue weighted by molar-refractivity contribution is -0.123. The molecule has 3 heterocycles. The Morgan fingerprint density at radius 3 is 2.40 bits per heavy atom. The van der Waals surface area contributed by atoms with Gasteiger partial charge in [0.05, 0.1) is 25.1 Å². The summed E-state index contributed by atoms with van der Waals surface area (Å²) < 4.78 is 29.7. The van der Waals surface area contributed by atoms with Gasteiger partial charge in [-0.15, -0.1) is 0 Å². The molecule has 0 N–H and O–H groups in total. The van der Waals surface area contributed by atoms with Crippen LogP contribution in [0.3, 0.4) is 0 Å². The van der Waals surface area contributed by atoms with Crippen LogP contribution in [0.5, 0.6) is 17.5 Å². The van der Waals surface area contributed by atoms with E-state index in [1.807, 2.05) is 0 Å². The summed E-state index contributed by atoms with van der Waals surface area (Å²) in [7, 11) is 4.28. The fourth-order valence-corrected chi connectivity index (χ4v) is 6.32. The molecule has 0 atom stereocenters. The molecule has 5 aromatic rings. The average Bonchev–Trinajstić information content (AvgIpc) is 3.53. The van der Waals surface area contributed by atoms with Crippen LogP contribution in [0, 0.1) is 5.82 Å². The number of aryl methyl sites for hydroxylation is 1. The quantitative estimate of drug-likeness (QED) is 0.183. The van der Waals surface area contributed by atoms with E-state index < -0.39 is 28.2 Å². The van der Waals surface area contributed by atoms with Crippen LogP contribution in [0.15, 0.2) is 75.2 Å². The highest BCUT2D eigenvalue weighted by molar-refractivity contribution is 8.18. The molecule has 0 saturated carbocycles. The number of halogens is 3. The summed E-state index contributed by atoms with van der Waals surface area (Å²) in [6.45, 7) is -0.139. The number of hydrogen-bond acceptors (Lipinski definition) is 8. The number of hydrogen-bond donors (Lipinski definition) is 0. The predicted molar refractivity (Wildman–Crippen MR) is 177 cm³/mol. The second kappa shape index (κ2) is 12.7. The van der Waals surface area contributed by atoms with E-state index in [-0.39, 0.29) is 52.2 Å². The van der Waals surface area contributed by atoms with Crippen molar-refractivity contribution in [3.63, 3.8) is 0 Å². The predicted octanol–water partition coefficient (Wildman–Crippen LogP) is 5.97. The van der Waals surface area contributed by atoms with Gasteiger partial charge in [0.25, 0.3) is 16.7 Å². The molecule has 1 fully saturated rings. The molecule has 0 bridgehead atoms. The highest BCUT2D eigenvalue weighted by Crippen LogP contribution is 2.37. The number of imidazole rings is 1. The third-order valence-electron chi connectivity index (χ3n) is 7.50. The third-order valence-corrected chi connectivity index (χ3v) is 9.00. The Morgan fingerprint density at radius 1 is 0.915 bits per heavy atom. The molecule has 11 nitrogen and oxygen atoms in total. The number of ether oxygens (including phenoxy) is 2. The molecular formula is C32H24Cl2FN5O6S. The lowest BCUT2D eigenvalue weighted by Crippen LogP contribution is -2.37. The van der Waals surface area contributed by atoms with Crippen LogP contribution < -0.4 is 20.7 Å². The minimum Gasteiger partial charge on any atom is -0.493 e. The molecule has 15 heteroatoms. The summed E-state index contributed by atoms with van der Waals surface area (Å²) in [5.74, 6) is -0.611. The van der Waals surface area contributed by atoms with E-state index in [0.29, 0.717) is 21.2 Å². The topological polar surface area (TPSA) is 118 Å². The second-order valence-corrected chi connectivity index (χ2v) is 12.3. The molecule has 240 valence electrons. The van der Waals surface area contributed by atoms with Gasteiger partial charge >= 0.3 is 11.7 Å². The second-order valence-electron chi connectivity index (χ2n) is 10.5. The number of thioether (sulfide) groups is 1. The van der Waals surface area contributed by atoms with E-state index in [9.17, 15) is 23.6 Å². The molecule has 47 heavy (non-hydrogen) atoms. The van der Waals surface area contributed by atoms with Crippen molar-refractivity contribution in [2.45, 2.75) is 13.1 Å². The number of nitrogens with zero attached hydrogens (tertiary/aromatic N) is 5. The summed E-state index contributed by atoms with van der Waals surface area (Å²) in [4.78, 5) is 57.4. The van der Waals surface area contributed by atoms with Crippen molar-refractivity contribution in [3.8, 4) is 17.5 Å². The molecule has 2 amide bonds. The Labute approximate surface area is 280 Å². The van der Waals surface area contributed by atoms with Crippen molar-refractivity contribution in [1.82, 2.24) is 23.6 Å². The van der Waals surface area contributed by atoms with Crippen molar-refractivity contribution in [2.24, 2.45) is 14.1 Å². The maximum atomic E-state index is 14.2. The first-order chi connectivity index (χ1) is 22.5.